The van der Waals surface area contributed by atoms with Crippen LogP contribution in [-0.2, 0) is 4.74 Å². The van der Waals surface area contributed by atoms with E-state index in [4.69, 9.17) is 9.84 Å². The molecule has 1 aliphatic heterocycles. The van der Waals surface area contributed by atoms with E-state index in [2.05, 4.69) is 12.2 Å². The van der Waals surface area contributed by atoms with Crippen molar-refractivity contribution in [1.29, 1.82) is 0 Å². The van der Waals surface area contributed by atoms with Crippen LogP contribution in [0.1, 0.15) is 53.9 Å². The lowest BCUT2D eigenvalue weighted by atomic mass is 9.96. The van der Waals surface area contributed by atoms with Crippen LogP contribution in [-0.4, -0.2) is 53.0 Å². The molecule has 3 unspecified atom stereocenters. The summed E-state index contributed by atoms with van der Waals surface area (Å²) in [5, 5.41) is 12.5. The number of piperidine rings is 1. The minimum atomic E-state index is -0.464. The lowest BCUT2D eigenvalue weighted by molar-refractivity contribution is 0.00480. The Labute approximate surface area is 122 Å². The van der Waals surface area contributed by atoms with Gasteiger partial charge in [-0.15, -0.1) is 0 Å². The second kappa shape index (κ2) is 7.27. The van der Waals surface area contributed by atoms with Gasteiger partial charge in [0.05, 0.1) is 12.6 Å². The molecule has 1 amide bonds. The number of amides is 1. The van der Waals surface area contributed by atoms with E-state index < -0.39 is 5.60 Å². The summed E-state index contributed by atoms with van der Waals surface area (Å²) >= 11 is 0. The van der Waals surface area contributed by atoms with Gasteiger partial charge in [0.2, 0.25) is 0 Å². The fraction of sp³-hybridized carbons (Fsp3) is 0.933. The van der Waals surface area contributed by atoms with Crippen molar-refractivity contribution in [3.8, 4) is 0 Å². The molecule has 0 saturated carbocycles. The fourth-order valence-corrected chi connectivity index (χ4v) is 2.64. The number of nitrogens with zero attached hydrogens (tertiary/aromatic N) is 1. The molecule has 1 heterocycles. The molecule has 0 aromatic carbocycles. The molecule has 1 fully saturated rings. The van der Waals surface area contributed by atoms with Crippen molar-refractivity contribution in [3.05, 3.63) is 0 Å². The van der Waals surface area contributed by atoms with Crippen LogP contribution in [0, 0.1) is 0 Å². The molecule has 0 radical (unpaired) electrons. The number of aliphatic hydroxyl groups excluding tert-OH is 1. The standard InChI is InChI=1S/C15H30N2O3/c1-11(10-18)16-12(2)13-8-6-7-9-17(13)14(19)20-15(3,4)5/h11-13,16,18H,6-10H2,1-5H3. The number of hydrogen-bond donors (Lipinski definition) is 2. The number of nitrogens with one attached hydrogen (secondary N) is 1. The molecule has 1 aliphatic rings. The predicted molar refractivity (Wildman–Crippen MR) is 79.7 cm³/mol. The van der Waals surface area contributed by atoms with Gasteiger partial charge in [0.15, 0.2) is 0 Å². The molecule has 2 N–H and O–H groups in total. The Kier molecular flexibility index (Phi) is 6.27. The van der Waals surface area contributed by atoms with Gasteiger partial charge in [-0.2, -0.15) is 0 Å². The van der Waals surface area contributed by atoms with Crippen molar-refractivity contribution < 1.29 is 14.6 Å². The summed E-state index contributed by atoms with van der Waals surface area (Å²) in [6, 6.07) is 0.310. The number of hydrogen-bond acceptors (Lipinski definition) is 4. The van der Waals surface area contributed by atoms with Crippen molar-refractivity contribution in [2.45, 2.75) is 77.6 Å². The van der Waals surface area contributed by atoms with Crippen LogP contribution in [0.25, 0.3) is 0 Å². The third kappa shape index (κ3) is 5.29. The lowest BCUT2D eigenvalue weighted by Crippen LogP contribution is -2.56. The van der Waals surface area contributed by atoms with Gasteiger partial charge in [-0.05, 0) is 53.9 Å². The normalized spacial score (nSPS) is 23.3. The van der Waals surface area contributed by atoms with Crippen molar-refractivity contribution in [3.63, 3.8) is 0 Å². The second-order valence-corrected chi connectivity index (χ2v) is 6.78. The van der Waals surface area contributed by atoms with E-state index in [0.717, 1.165) is 25.8 Å². The van der Waals surface area contributed by atoms with E-state index in [1.54, 1.807) is 0 Å². The minimum Gasteiger partial charge on any atom is -0.444 e. The first kappa shape index (κ1) is 17.2. The van der Waals surface area contributed by atoms with Crippen molar-refractivity contribution in [2.24, 2.45) is 0 Å². The van der Waals surface area contributed by atoms with Gasteiger partial charge >= 0.3 is 6.09 Å². The SMILES string of the molecule is CC(CO)NC(C)C1CCCCN1C(=O)OC(C)(C)C. The maximum absolute atomic E-state index is 12.3. The van der Waals surface area contributed by atoms with Crippen LogP contribution >= 0.6 is 0 Å². The Morgan fingerprint density at radius 3 is 2.60 bits per heavy atom. The molecule has 1 rings (SSSR count). The molecule has 0 spiro atoms. The Morgan fingerprint density at radius 1 is 1.40 bits per heavy atom. The molecule has 1 saturated heterocycles. The molecule has 20 heavy (non-hydrogen) atoms. The fourth-order valence-electron chi connectivity index (χ4n) is 2.64. The van der Waals surface area contributed by atoms with Gasteiger partial charge in [-0.1, -0.05) is 0 Å². The van der Waals surface area contributed by atoms with Gasteiger partial charge in [-0.25, -0.2) is 4.79 Å². The average Bonchev–Trinajstić information content (AvgIpc) is 2.36. The Morgan fingerprint density at radius 2 is 2.05 bits per heavy atom. The Hall–Kier alpha value is -0.810. The van der Waals surface area contributed by atoms with Crippen LogP contribution in [0.15, 0.2) is 0 Å². The number of ether oxygens (including phenoxy) is 1. The van der Waals surface area contributed by atoms with E-state index >= 15 is 0 Å². The molecule has 118 valence electrons. The molecular weight excluding hydrogens is 256 g/mol. The van der Waals surface area contributed by atoms with Gasteiger partial charge in [0.25, 0.3) is 0 Å². The summed E-state index contributed by atoms with van der Waals surface area (Å²) in [5.41, 5.74) is -0.464. The zero-order valence-electron chi connectivity index (χ0n) is 13.5. The van der Waals surface area contributed by atoms with Gasteiger partial charge < -0.3 is 20.1 Å². The first-order valence-corrected chi connectivity index (χ1v) is 7.61. The van der Waals surface area contributed by atoms with Crippen LogP contribution < -0.4 is 5.32 Å². The topological polar surface area (TPSA) is 61.8 Å². The Balaban J connectivity index is 2.68. The molecule has 0 aromatic heterocycles. The van der Waals surface area contributed by atoms with Crippen LogP contribution in [0.3, 0.4) is 0 Å². The second-order valence-electron chi connectivity index (χ2n) is 6.78. The summed E-state index contributed by atoms with van der Waals surface area (Å²) in [7, 11) is 0. The molecule has 3 atom stereocenters. The van der Waals surface area contributed by atoms with Gasteiger partial charge in [0.1, 0.15) is 5.60 Å². The highest BCUT2D eigenvalue weighted by atomic mass is 16.6. The highest BCUT2D eigenvalue weighted by molar-refractivity contribution is 5.68. The summed E-state index contributed by atoms with van der Waals surface area (Å²) in [5.74, 6) is 0. The average molecular weight is 286 g/mol. The van der Waals surface area contributed by atoms with Crippen molar-refractivity contribution in [2.75, 3.05) is 13.2 Å². The highest BCUT2D eigenvalue weighted by Gasteiger charge is 2.33. The summed E-state index contributed by atoms with van der Waals surface area (Å²) in [6.45, 7) is 10.5. The summed E-state index contributed by atoms with van der Waals surface area (Å²) < 4.78 is 5.50. The van der Waals surface area contributed by atoms with Gasteiger partial charge in [0, 0.05) is 18.6 Å². The molecule has 5 nitrogen and oxygen atoms in total. The maximum Gasteiger partial charge on any atom is 0.410 e. The van der Waals surface area contributed by atoms with E-state index in [-0.39, 0.29) is 30.8 Å². The summed E-state index contributed by atoms with van der Waals surface area (Å²) in [4.78, 5) is 14.2. The zero-order valence-corrected chi connectivity index (χ0v) is 13.5. The van der Waals surface area contributed by atoms with E-state index in [1.165, 1.54) is 0 Å². The van der Waals surface area contributed by atoms with E-state index in [0.29, 0.717) is 0 Å². The molecule has 0 aliphatic carbocycles. The number of carbonyl (C=O) groups is 1. The molecule has 0 aromatic rings. The zero-order chi connectivity index (χ0) is 15.3. The number of rotatable bonds is 4. The quantitative estimate of drug-likeness (QED) is 0.831. The van der Waals surface area contributed by atoms with Crippen molar-refractivity contribution >= 4 is 6.09 Å². The minimum absolute atomic E-state index is 0.0346. The number of carbonyl (C=O) groups excluding carboxylic acids is 1. The van der Waals surface area contributed by atoms with Crippen LogP contribution in [0.4, 0.5) is 4.79 Å². The lowest BCUT2D eigenvalue weighted by Gasteiger charge is -2.40. The molecular formula is C15H30N2O3. The van der Waals surface area contributed by atoms with Crippen LogP contribution in [0.2, 0.25) is 0 Å². The maximum atomic E-state index is 12.3. The third-order valence-corrected chi connectivity index (χ3v) is 3.58. The highest BCUT2D eigenvalue weighted by Crippen LogP contribution is 2.22. The molecule has 0 bridgehead atoms. The smallest absolute Gasteiger partial charge is 0.410 e. The van der Waals surface area contributed by atoms with E-state index in [1.807, 2.05) is 32.6 Å². The number of aliphatic hydroxyl groups is 1. The first-order chi connectivity index (χ1) is 9.24. The predicted octanol–water partition coefficient (Wildman–Crippen LogP) is 2.13. The number of likely N-dealkylation sites (tertiary alicyclic amines) is 1. The summed E-state index contributed by atoms with van der Waals surface area (Å²) in [6.07, 6.45) is 2.90. The Bertz CT molecular complexity index is 315. The first-order valence-electron chi connectivity index (χ1n) is 7.61. The monoisotopic (exact) mass is 286 g/mol. The van der Waals surface area contributed by atoms with Gasteiger partial charge in [-0.3, -0.25) is 0 Å². The van der Waals surface area contributed by atoms with E-state index in [9.17, 15) is 4.79 Å². The molecule has 5 heteroatoms. The third-order valence-electron chi connectivity index (χ3n) is 3.58. The van der Waals surface area contributed by atoms with Crippen LogP contribution in [0.5, 0.6) is 0 Å². The van der Waals surface area contributed by atoms with Crippen molar-refractivity contribution in [1.82, 2.24) is 10.2 Å². The largest absolute Gasteiger partial charge is 0.444 e.